The van der Waals surface area contributed by atoms with Crippen LogP contribution in [0, 0.1) is 6.92 Å². The molecule has 98 valence electrons. The maximum absolute atomic E-state index is 5.39. The lowest BCUT2D eigenvalue weighted by atomic mass is 10.1. The van der Waals surface area contributed by atoms with E-state index in [0.717, 1.165) is 57.2 Å². The maximum Gasteiger partial charge on any atom is 0.134 e. The summed E-state index contributed by atoms with van der Waals surface area (Å²) in [6, 6.07) is 0.485. The number of nitrogens with zero attached hydrogens (tertiary/aromatic N) is 2. The Kier molecular flexibility index (Phi) is 3.43. The Balaban J connectivity index is 1.83. The van der Waals surface area contributed by atoms with Crippen LogP contribution >= 0.6 is 0 Å². The second-order valence-corrected chi connectivity index (χ2v) is 5.00. The summed E-state index contributed by atoms with van der Waals surface area (Å²) in [4.78, 5) is 9.13. The standard InChI is InChI=1S/C13H20N4O/c1-9-15-12-2-5-14-8-11(12)13(16-9)17-10-3-6-18-7-4-10/h10,14H,2-8H2,1H3,(H,15,16,17). The molecular formula is C13H20N4O. The summed E-state index contributed by atoms with van der Waals surface area (Å²) < 4.78 is 5.39. The van der Waals surface area contributed by atoms with Gasteiger partial charge in [0.1, 0.15) is 11.6 Å². The molecule has 3 rings (SSSR count). The summed E-state index contributed by atoms with van der Waals surface area (Å²) in [5.74, 6) is 1.89. The quantitative estimate of drug-likeness (QED) is 0.818. The molecule has 1 aromatic rings. The number of nitrogens with one attached hydrogen (secondary N) is 2. The minimum atomic E-state index is 0.485. The first-order valence-corrected chi connectivity index (χ1v) is 6.74. The fourth-order valence-corrected chi connectivity index (χ4v) is 2.62. The molecule has 1 saturated heterocycles. The van der Waals surface area contributed by atoms with Crippen molar-refractivity contribution in [2.45, 2.75) is 38.8 Å². The minimum Gasteiger partial charge on any atom is -0.381 e. The second kappa shape index (κ2) is 5.20. The summed E-state index contributed by atoms with van der Waals surface area (Å²) in [5.41, 5.74) is 2.45. The van der Waals surface area contributed by atoms with Crippen molar-refractivity contribution in [1.29, 1.82) is 0 Å². The van der Waals surface area contributed by atoms with Gasteiger partial charge in [-0.2, -0.15) is 0 Å². The molecular weight excluding hydrogens is 228 g/mol. The molecule has 18 heavy (non-hydrogen) atoms. The second-order valence-electron chi connectivity index (χ2n) is 5.00. The van der Waals surface area contributed by atoms with E-state index < -0.39 is 0 Å². The molecule has 2 aliphatic heterocycles. The van der Waals surface area contributed by atoms with Crippen LogP contribution in [0.4, 0.5) is 5.82 Å². The summed E-state index contributed by atoms with van der Waals surface area (Å²) in [6.07, 6.45) is 3.12. The molecule has 0 saturated carbocycles. The van der Waals surface area contributed by atoms with E-state index in [2.05, 4.69) is 20.6 Å². The SMILES string of the molecule is Cc1nc2c(c(NC3CCOCC3)n1)CNCC2. The zero-order valence-corrected chi connectivity index (χ0v) is 10.8. The molecule has 0 atom stereocenters. The van der Waals surface area contributed by atoms with Gasteiger partial charge in [0.2, 0.25) is 0 Å². The van der Waals surface area contributed by atoms with Crippen LogP contribution in [0.1, 0.15) is 29.9 Å². The molecule has 5 heteroatoms. The Morgan fingerprint density at radius 3 is 2.94 bits per heavy atom. The summed E-state index contributed by atoms with van der Waals surface area (Å²) >= 11 is 0. The van der Waals surface area contributed by atoms with Crippen molar-refractivity contribution in [3.63, 3.8) is 0 Å². The van der Waals surface area contributed by atoms with Crippen molar-refractivity contribution in [3.05, 3.63) is 17.1 Å². The lowest BCUT2D eigenvalue weighted by Gasteiger charge is -2.26. The van der Waals surface area contributed by atoms with Crippen LogP contribution in [-0.2, 0) is 17.7 Å². The van der Waals surface area contributed by atoms with E-state index in [1.165, 1.54) is 11.3 Å². The third-order valence-corrected chi connectivity index (χ3v) is 3.61. The molecule has 3 heterocycles. The highest BCUT2D eigenvalue weighted by Gasteiger charge is 2.20. The molecule has 5 nitrogen and oxygen atoms in total. The van der Waals surface area contributed by atoms with E-state index in [9.17, 15) is 0 Å². The Hall–Kier alpha value is -1.20. The number of aromatic nitrogens is 2. The van der Waals surface area contributed by atoms with Gasteiger partial charge in [-0.3, -0.25) is 0 Å². The van der Waals surface area contributed by atoms with Gasteiger partial charge in [0.25, 0.3) is 0 Å². The predicted octanol–water partition coefficient (Wildman–Crippen LogP) is 1.02. The highest BCUT2D eigenvalue weighted by atomic mass is 16.5. The highest BCUT2D eigenvalue weighted by Crippen LogP contribution is 2.22. The van der Waals surface area contributed by atoms with Crippen molar-refractivity contribution in [2.24, 2.45) is 0 Å². The summed E-state index contributed by atoms with van der Waals surface area (Å²) in [7, 11) is 0. The normalized spacial score (nSPS) is 20.5. The maximum atomic E-state index is 5.39. The monoisotopic (exact) mass is 248 g/mol. The average molecular weight is 248 g/mol. The molecule has 0 bridgehead atoms. The number of hydrogen-bond donors (Lipinski definition) is 2. The number of fused-ring (bicyclic) bond motifs is 1. The highest BCUT2D eigenvalue weighted by molar-refractivity contribution is 5.48. The summed E-state index contributed by atoms with van der Waals surface area (Å²) in [6.45, 7) is 5.56. The van der Waals surface area contributed by atoms with Crippen LogP contribution in [0.2, 0.25) is 0 Å². The number of anilines is 1. The van der Waals surface area contributed by atoms with Crippen molar-refractivity contribution in [1.82, 2.24) is 15.3 Å². The molecule has 0 spiro atoms. The summed E-state index contributed by atoms with van der Waals surface area (Å²) in [5, 5.41) is 6.97. The number of ether oxygens (including phenoxy) is 1. The van der Waals surface area contributed by atoms with Gasteiger partial charge in [0.05, 0.1) is 5.69 Å². The minimum absolute atomic E-state index is 0.485. The lowest BCUT2D eigenvalue weighted by molar-refractivity contribution is 0.0903. The van der Waals surface area contributed by atoms with Gasteiger partial charge < -0.3 is 15.4 Å². The van der Waals surface area contributed by atoms with E-state index >= 15 is 0 Å². The zero-order valence-electron chi connectivity index (χ0n) is 10.8. The van der Waals surface area contributed by atoms with Gasteiger partial charge >= 0.3 is 0 Å². The van der Waals surface area contributed by atoms with E-state index in [-0.39, 0.29) is 0 Å². The topological polar surface area (TPSA) is 59.1 Å². The molecule has 2 aliphatic rings. The van der Waals surface area contributed by atoms with Gasteiger partial charge in [0, 0.05) is 44.3 Å². The number of hydrogen-bond acceptors (Lipinski definition) is 5. The first-order valence-electron chi connectivity index (χ1n) is 6.74. The van der Waals surface area contributed by atoms with E-state index in [1.807, 2.05) is 6.92 Å². The van der Waals surface area contributed by atoms with E-state index in [0.29, 0.717) is 6.04 Å². The lowest BCUT2D eigenvalue weighted by Crippen LogP contribution is -2.31. The molecule has 0 aliphatic carbocycles. The van der Waals surface area contributed by atoms with Crippen LogP contribution < -0.4 is 10.6 Å². The van der Waals surface area contributed by atoms with Gasteiger partial charge in [-0.1, -0.05) is 0 Å². The van der Waals surface area contributed by atoms with Crippen LogP contribution in [0.5, 0.6) is 0 Å². The zero-order chi connectivity index (χ0) is 12.4. The predicted molar refractivity (Wildman–Crippen MR) is 69.6 cm³/mol. The Bertz CT molecular complexity index is 429. The fraction of sp³-hybridized carbons (Fsp3) is 0.692. The largest absolute Gasteiger partial charge is 0.381 e. The van der Waals surface area contributed by atoms with Crippen molar-refractivity contribution in [2.75, 3.05) is 25.1 Å². The van der Waals surface area contributed by atoms with Gasteiger partial charge in [-0.15, -0.1) is 0 Å². The van der Waals surface area contributed by atoms with Gasteiger partial charge in [-0.05, 0) is 19.8 Å². The average Bonchev–Trinajstić information content (AvgIpc) is 2.40. The van der Waals surface area contributed by atoms with Crippen LogP contribution in [0.15, 0.2) is 0 Å². The third-order valence-electron chi connectivity index (χ3n) is 3.61. The van der Waals surface area contributed by atoms with Crippen molar-refractivity contribution >= 4 is 5.82 Å². The molecule has 0 aromatic carbocycles. The van der Waals surface area contributed by atoms with E-state index in [4.69, 9.17) is 4.74 Å². The Labute approximate surface area is 107 Å². The van der Waals surface area contributed by atoms with Gasteiger partial charge in [-0.25, -0.2) is 9.97 Å². The molecule has 1 fully saturated rings. The van der Waals surface area contributed by atoms with Crippen LogP contribution in [0.25, 0.3) is 0 Å². The third kappa shape index (κ3) is 2.47. The molecule has 0 radical (unpaired) electrons. The van der Waals surface area contributed by atoms with Crippen LogP contribution in [-0.4, -0.2) is 35.8 Å². The molecule has 1 aromatic heterocycles. The first kappa shape index (κ1) is 11.9. The van der Waals surface area contributed by atoms with Crippen molar-refractivity contribution < 1.29 is 4.74 Å². The first-order chi connectivity index (χ1) is 8.83. The van der Waals surface area contributed by atoms with Crippen LogP contribution in [0.3, 0.4) is 0 Å². The Morgan fingerprint density at radius 2 is 2.11 bits per heavy atom. The molecule has 0 unspecified atom stereocenters. The molecule has 2 N–H and O–H groups in total. The number of aryl methyl sites for hydroxylation is 1. The van der Waals surface area contributed by atoms with Crippen molar-refractivity contribution in [3.8, 4) is 0 Å². The smallest absolute Gasteiger partial charge is 0.134 e. The number of rotatable bonds is 2. The van der Waals surface area contributed by atoms with E-state index in [1.54, 1.807) is 0 Å². The Morgan fingerprint density at radius 1 is 1.28 bits per heavy atom. The molecule has 0 amide bonds. The van der Waals surface area contributed by atoms with Gasteiger partial charge in [0.15, 0.2) is 0 Å². The fourth-order valence-electron chi connectivity index (χ4n) is 2.62.